The molecule has 6 nitrogen and oxygen atoms in total. The van der Waals surface area contributed by atoms with Crippen LogP contribution in [0.15, 0.2) is 78.9 Å². The van der Waals surface area contributed by atoms with Gasteiger partial charge in [0.15, 0.2) is 6.61 Å². The van der Waals surface area contributed by atoms with Gasteiger partial charge in [0, 0.05) is 23.1 Å². The standard InChI is InChI=1S/C29H33IN2O4/c1-3-4-17-31-29(34)27(19-22-9-6-5-7-10-22)32(20-23-11-8-12-26(18-23)35-2)28(33)21-36-25-15-13-24(30)14-16-25/h5-16,18,27H,3-4,17,19-21H2,1-2H3,(H,31,34)/t27-/m1/s1. The number of benzene rings is 3. The van der Waals surface area contributed by atoms with E-state index >= 15 is 0 Å². The van der Waals surface area contributed by atoms with Crippen molar-refractivity contribution in [1.82, 2.24) is 10.2 Å². The number of hydrogen-bond acceptors (Lipinski definition) is 4. The third-order valence-corrected chi connectivity index (χ3v) is 6.48. The molecule has 0 saturated heterocycles. The molecule has 3 rings (SSSR count). The fraction of sp³-hybridized carbons (Fsp3) is 0.310. The lowest BCUT2D eigenvalue weighted by molar-refractivity contribution is -0.142. The molecule has 0 radical (unpaired) electrons. The zero-order chi connectivity index (χ0) is 25.8. The molecule has 0 aliphatic carbocycles. The van der Waals surface area contributed by atoms with E-state index in [1.54, 1.807) is 12.0 Å². The lowest BCUT2D eigenvalue weighted by atomic mass is 10.0. The summed E-state index contributed by atoms with van der Waals surface area (Å²) >= 11 is 2.22. The number of carbonyl (C=O) groups excluding carboxylic acids is 2. The highest BCUT2D eigenvalue weighted by atomic mass is 127. The maximum absolute atomic E-state index is 13.6. The molecule has 36 heavy (non-hydrogen) atoms. The highest BCUT2D eigenvalue weighted by Crippen LogP contribution is 2.19. The van der Waals surface area contributed by atoms with Crippen LogP contribution in [0, 0.1) is 3.57 Å². The molecule has 0 fully saturated rings. The first-order valence-corrected chi connectivity index (χ1v) is 13.2. The minimum absolute atomic E-state index is 0.169. The molecule has 1 N–H and O–H groups in total. The number of unbranched alkanes of at least 4 members (excludes halogenated alkanes) is 1. The summed E-state index contributed by atoms with van der Waals surface area (Å²) in [4.78, 5) is 28.6. The number of hydrogen-bond donors (Lipinski definition) is 1. The summed E-state index contributed by atoms with van der Waals surface area (Å²) in [6.07, 6.45) is 2.25. The lowest BCUT2D eigenvalue weighted by Gasteiger charge is -2.31. The molecule has 0 unspecified atom stereocenters. The first kappa shape index (κ1) is 27.5. The summed E-state index contributed by atoms with van der Waals surface area (Å²) < 4.78 is 12.3. The topological polar surface area (TPSA) is 67.9 Å². The van der Waals surface area contributed by atoms with Gasteiger partial charge in [-0.15, -0.1) is 0 Å². The van der Waals surface area contributed by atoms with Gasteiger partial charge in [-0.1, -0.05) is 55.8 Å². The number of methoxy groups -OCH3 is 1. The molecule has 0 aliphatic rings. The number of carbonyl (C=O) groups is 2. The quantitative estimate of drug-likeness (QED) is 0.216. The van der Waals surface area contributed by atoms with Gasteiger partial charge in [0.1, 0.15) is 17.5 Å². The van der Waals surface area contributed by atoms with Crippen LogP contribution in [0.5, 0.6) is 11.5 Å². The Morgan fingerprint density at radius 2 is 1.67 bits per heavy atom. The van der Waals surface area contributed by atoms with Crippen molar-refractivity contribution in [3.05, 3.63) is 93.6 Å². The van der Waals surface area contributed by atoms with E-state index in [0.717, 1.165) is 27.5 Å². The second-order valence-electron chi connectivity index (χ2n) is 8.47. The number of nitrogens with one attached hydrogen (secondary N) is 1. The zero-order valence-electron chi connectivity index (χ0n) is 20.8. The number of nitrogens with zero attached hydrogens (tertiary/aromatic N) is 1. The van der Waals surface area contributed by atoms with Gasteiger partial charge < -0.3 is 19.7 Å². The van der Waals surface area contributed by atoms with Crippen LogP contribution < -0.4 is 14.8 Å². The van der Waals surface area contributed by atoms with Gasteiger partial charge in [-0.2, -0.15) is 0 Å². The van der Waals surface area contributed by atoms with Gasteiger partial charge in [0.25, 0.3) is 5.91 Å². The predicted octanol–water partition coefficient (Wildman–Crippen LogP) is 5.24. The first-order valence-electron chi connectivity index (χ1n) is 12.1. The molecule has 7 heteroatoms. The van der Waals surface area contributed by atoms with Crippen LogP contribution in [0.1, 0.15) is 30.9 Å². The van der Waals surface area contributed by atoms with E-state index in [0.29, 0.717) is 24.5 Å². The van der Waals surface area contributed by atoms with E-state index in [4.69, 9.17) is 9.47 Å². The van der Waals surface area contributed by atoms with Gasteiger partial charge >= 0.3 is 0 Å². The fourth-order valence-corrected chi connectivity index (χ4v) is 4.15. The molecule has 0 aliphatic heterocycles. The molecule has 3 aromatic carbocycles. The molecule has 190 valence electrons. The van der Waals surface area contributed by atoms with Crippen molar-refractivity contribution in [2.24, 2.45) is 0 Å². The number of ether oxygens (including phenoxy) is 2. The van der Waals surface area contributed by atoms with E-state index in [2.05, 4.69) is 34.8 Å². The average Bonchev–Trinajstić information content (AvgIpc) is 2.91. The first-order chi connectivity index (χ1) is 17.5. The minimum Gasteiger partial charge on any atom is -0.497 e. The predicted molar refractivity (Wildman–Crippen MR) is 150 cm³/mol. The Labute approximate surface area is 227 Å². The smallest absolute Gasteiger partial charge is 0.261 e. The van der Waals surface area contributed by atoms with Gasteiger partial charge in [-0.05, 0) is 76.5 Å². The number of halogens is 1. The lowest BCUT2D eigenvalue weighted by Crippen LogP contribution is -2.51. The Hall–Kier alpha value is -3.07. The van der Waals surface area contributed by atoms with Crippen molar-refractivity contribution in [1.29, 1.82) is 0 Å². The van der Waals surface area contributed by atoms with E-state index in [9.17, 15) is 9.59 Å². The summed E-state index contributed by atoms with van der Waals surface area (Å²) in [6, 6.07) is 24.1. The van der Waals surface area contributed by atoms with Gasteiger partial charge in [-0.25, -0.2) is 0 Å². The third kappa shape index (κ3) is 8.55. The summed E-state index contributed by atoms with van der Waals surface area (Å²) in [6.45, 7) is 2.73. The summed E-state index contributed by atoms with van der Waals surface area (Å²) in [5.41, 5.74) is 1.85. The Balaban J connectivity index is 1.89. The Bertz CT molecular complexity index is 1110. The van der Waals surface area contributed by atoms with Crippen LogP contribution in [0.25, 0.3) is 0 Å². The highest BCUT2D eigenvalue weighted by Gasteiger charge is 2.30. The van der Waals surface area contributed by atoms with Gasteiger partial charge in [-0.3, -0.25) is 9.59 Å². The van der Waals surface area contributed by atoms with Crippen molar-refractivity contribution in [3.63, 3.8) is 0 Å². The molecule has 0 saturated carbocycles. The normalized spacial score (nSPS) is 11.4. The molecule has 0 spiro atoms. The van der Waals surface area contributed by atoms with Crippen LogP contribution in [0.4, 0.5) is 0 Å². The van der Waals surface area contributed by atoms with E-state index in [1.807, 2.05) is 78.9 Å². The Morgan fingerprint density at radius 3 is 2.36 bits per heavy atom. The van der Waals surface area contributed by atoms with Crippen molar-refractivity contribution in [2.45, 2.75) is 38.8 Å². The highest BCUT2D eigenvalue weighted by molar-refractivity contribution is 14.1. The maximum Gasteiger partial charge on any atom is 0.261 e. The molecule has 2 amide bonds. The van der Waals surface area contributed by atoms with E-state index in [1.165, 1.54) is 0 Å². The largest absolute Gasteiger partial charge is 0.497 e. The van der Waals surface area contributed by atoms with Crippen LogP contribution in [0.3, 0.4) is 0 Å². The molecule has 3 aromatic rings. The second kappa shape index (κ2) is 14.5. The van der Waals surface area contributed by atoms with Crippen LogP contribution in [-0.2, 0) is 22.6 Å². The van der Waals surface area contributed by atoms with E-state index in [-0.39, 0.29) is 25.0 Å². The van der Waals surface area contributed by atoms with Crippen LogP contribution in [0.2, 0.25) is 0 Å². The SMILES string of the molecule is CCCCNC(=O)[C@@H](Cc1ccccc1)N(Cc1cccc(OC)c1)C(=O)COc1ccc(I)cc1. The monoisotopic (exact) mass is 600 g/mol. The van der Waals surface area contributed by atoms with Gasteiger partial charge in [0.2, 0.25) is 5.91 Å². The Morgan fingerprint density at radius 1 is 0.944 bits per heavy atom. The molecule has 1 atom stereocenters. The molecule has 0 heterocycles. The van der Waals surface area contributed by atoms with Crippen LogP contribution in [-0.4, -0.2) is 43.0 Å². The second-order valence-corrected chi connectivity index (χ2v) is 9.71. The fourth-order valence-electron chi connectivity index (χ4n) is 3.79. The van der Waals surface area contributed by atoms with Gasteiger partial charge in [0.05, 0.1) is 7.11 Å². The molecule has 0 bridgehead atoms. The minimum atomic E-state index is -0.691. The molecule has 0 aromatic heterocycles. The molecular formula is C29H33IN2O4. The maximum atomic E-state index is 13.6. The zero-order valence-corrected chi connectivity index (χ0v) is 22.9. The van der Waals surface area contributed by atoms with Crippen molar-refractivity contribution in [3.8, 4) is 11.5 Å². The summed E-state index contributed by atoms with van der Waals surface area (Å²) in [5.74, 6) is 0.875. The van der Waals surface area contributed by atoms with E-state index < -0.39 is 6.04 Å². The summed E-state index contributed by atoms with van der Waals surface area (Å²) in [5, 5.41) is 3.03. The van der Waals surface area contributed by atoms with Crippen molar-refractivity contribution >= 4 is 34.4 Å². The molecular weight excluding hydrogens is 567 g/mol. The average molecular weight is 600 g/mol. The van der Waals surface area contributed by atoms with Crippen molar-refractivity contribution in [2.75, 3.05) is 20.3 Å². The van der Waals surface area contributed by atoms with Crippen LogP contribution >= 0.6 is 22.6 Å². The Kier molecular flexibility index (Phi) is 11.1. The van der Waals surface area contributed by atoms with Crippen molar-refractivity contribution < 1.29 is 19.1 Å². The third-order valence-electron chi connectivity index (χ3n) is 5.76. The number of amides is 2. The summed E-state index contributed by atoms with van der Waals surface area (Å²) in [7, 11) is 1.61. The number of rotatable bonds is 13.